The number of benzene rings is 8. The summed E-state index contributed by atoms with van der Waals surface area (Å²) in [6, 6.07) is 87.0. The van der Waals surface area contributed by atoms with Gasteiger partial charge in [-0.3, -0.25) is 19.9 Å². The molecule has 123 heavy (non-hydrogen) atoms. The van der Waals surface area contributed by atoms with E-state index in [2.05, 4.69) is 380 Å². The first-order valence-electron chi connectivity index (χ1n) is 44.4. The van der Waals surface area contributed by atoms with Crippen molar-refractivity contribution in [1.29, 1.82) is 0 Å². The summed E-state index contributed by atoms with van der Waals surface area (Å²) in [5.41, 5.74) is 47.1. The molecule has 0 amide bonds. The molecule has 4 aliphatic rings. The molecule has 4 aliphatic carbocycles. The summed E-state index contributed by atoms with van der Waals surface area (Å²) < 4.78 is 48.1. The van der Waals surface area contributed by atoms with E-state index in [9.17, 15) is 4.39 Å². The number of halogens is 1. The first-order valence-corrected chi connectivity index (χ1v) is 42.9. The minimum atomic E-state index is -2.26. The van der Waals surface area contributed by atoms with Gasteiger partial charge in [0.1, 0.15) is 34.0 Å². The van der Waals surface area contributed by atoms with Crippen molar-refractivity contribution in [2.24, 2.45) is 28.2 Å². The van der Waals surface area contributed by atoms with Gasteiger partial charge in [-0.2, -0.15) is 0 Å². The average Bonchev–Trinajstić information content (AvgIpc) is 1.56. The van der Waals surface area contributed by atoms with Gasteiger partial charge in [-0.05, 0) is 217 Å². The number of pyridine rings is 8. The molecule has 8 aromatic carbocycles. The molecule has 0 saturated carbocycles. The highest BCUT2D eigenvalue weighted by Gasteiger charge is 2.46. The number of hydrogen-bond acceptors (Lipinski definition) is 4. The SMILES string of the molecule is Cc1ccc(-c2cc[n+](C)c(-c3c(C)ccc4c3C(C)(C)c3nc(C)ccc3-4)c2)cc1.Cc1ccc2c(n1)C(C)(C)c1c-2ccc(C)c1-c1cc(-c2ccc(F)cc2)cc[n+]1C.Cc1ccc2c(n1)C(C)(C)c1c-2ccc(C)c1-c1cc(-c2ccccc2)cc[n+]1C.[2H]C([2H])([2H])C1(C)c2nc(C)ccc2-c2ccc(C)c(-c3cc(-c4ccc(C)cc4)cc[n+]3C)c21. The van der Waals surface area contributed by atoms with Crippen LogP contribution in [-0.4, -0.2) is 19.9 Å². The molecule has 8 aromatic heterocycles. The summed E-state index contributed by atoms with van der Waals surface area (Å²) in [5, 5.41) is 0. The third-order valence-electron chi connectivity index (χ3n) is 26.3. The highest BCUT2D eigenvalue weighted by atomic mass is 19.1. The van der Waals surface area contributed by atoms with Crippen molar-refractivity contribution in [3.63, 3.8) is 0 Å². The summed E-state index contributed by atoms with van der Waals surface area (Å²) in [7, 11) is 8.38. The quantitative estimate of drug-likeness (QED) is 0.142. The van der Waals surface area contributed by atoms with E-state index in [1.165, 1.54) is 152 Å². The molecule has 0 fully saturated rings. The van der Waals surface area contributed by atoms with Gasteiger partial charge in [0.2, 0.25) is 22.8 Å². The van der Waals surface area contributed by atoms with Gasteiger partial charge in [0.05, 0.1) is 45.0 Å². The molecule has 0 aliphatic heterocycles. The van der Waals surface area contributed by atoms with Crippen LogP contribution < -0.4 is 18.3 Å². The second-order valence-electron chi connectivity index (χ2n) is 36.4. The van der Waals surface area contributed by atoms with Crippen LogP contribution >= 0.6 is 0 Å². The maximum Gasteiger partial charge on any atom is 0.213 e. The maximum absolute atomic E-state index is 13.4. The Bertz CT molecular complexity index is 6870. The summed E-state index contributed by atoms with van der Waals surface area (Å²) in [6.07, 6.45) is 8.50. The highest BCUT2D eigenvalue weighted by molar-refractivity contribution is 5.93. The lowest BCUT2D eigenvalue weighted by molar-refractivity contribution is -0.660. The van der Waals surface area contributed by atoms with Gasteiger partial charge in [0.25, 0.3) is 0 Å². The van der Waals surface area contributed by atoms with Gasteiger partial charge in [-0.15, -0.1) is 0 Å². The standard InChI is InChI=1S/2C29H29N2.C28H26FN2.C28H27N2/c2*1-18-7-11-21(12-8-18)22-15-16-31(6)25(17-22)26-19(2)9-13-23-24-14-10-20(3)30-28(24)29(4,5)27(23)26;1-17-6-12-22-23-13-7-18(2)30-27(23)28(3,4)26(22)25(17)24-16-20(14-15-31(24)5)19-8-10-21(29)11-9-19;1-18-11-13-22-23-14-12-19(2)29-27(23)28(3,4)26(22)25(18)24-17-21(15-16-30(24)5)20-9-7-6-8-10-20/h2*7-17H,1-6H3;6-16H,1-5H3;6-17H,1-5H3/q4*+1/i4D3;;;. The summed E-state index contributed by atoms with van der Waals surface area (Å²) >= 11 is 0. The number of rotatable bonds is 8. The Hall–Kier alpha value is -13.1. The predicted octanol–water partition coefficient (Wildman–Crippen LogP) is 25.4. The van der Waals surface area contributed by atoms with Crippen LogP contribution in [0.2, 0.25) is 0 Å². The lowest BCUT2D eigenvalue weighted by Crippen LogP contribution is -2.32. The molecule has 8 nitrogen and oxygen atoms in total. The van der Waals surface area contributed by atoms with Crippen molar-refractivity contribution < 1.29 is 26.8 Å². The summed E-state index contributed by atoms with van der Waals surface area (Å²) in [4.78, 5) is 19.7. The Morgan fingerprint density at radius 2 is 0.488 bits per heavy atom. The molecule has 0 spiro atoms. The van der Waals surface area contributed by atoms with Crippen LogP contribution in [0.3, 0.4) is 0 Å². The second kappa shape index (κ2) is 31.4. The fourth-order valence-corrected chi connectivity index (χ4v) is 19.6. The zero-order valence-electron chi connectivity index (χ0n) is 77.9. The van der Waals surface area contributed by atoms with E-state index in [1.54, 1.807) is 0 Å². The lowest BCUT2D eigenvalue weighted by atomic mass is 9.80. The smallest absolute Gasteiger partial charge is 0.213 e. The van der Waals surface area contributed by atoms with Crippen LogP contribution in [0.25, 0.3) is 134 Å². The number of hydrogen-bond donors (Lipinski definition) is 0. The average molecular weight is 1620 g/mol. The van der Waals surface area contributed by atoms with Crippen LogP contribution in [-0.2, 0) is 49.9 Å². The molecule has 16 aromatic rings. The van der Waals surface area contributed by atoms with Crippen LogP contribution in [0.15, 0.2) is 274 Å². The van der Waals surface area contributed by atoms with Gasteiger partial charge < -0.3 is 0 Å². The maximum atomic E-state index is 13.4. The molecule has 1 unspecified atom stereocenters. The van der Waals surface area contributed by atoms with Crippen LogP contribution in [0.5, 0.6) is 0 Å². The second-order valence-corrected chi connectivity index (χ2v) is 36.4. The molecule has 0 N–H and O–H groups in total. The molecule has 0 bridgehead atoms. The van der Waals surface area contributed by atoms with Gasteiger partial charge in [0.15, 0.2) is 24.8 Å². The van der Waals surface area contributed by atoms with E-state index in [-0.39, 0.29) is 22.1 Å². The van der Waals surface area contributed by atoms with E-state index in [1.807, 2.05) is 45.2 Å². The van der Waals surface area contributed by atoms with Crippen LogP contribution in [0.4, 0.5) is 4.39 Å². The first kappa shape index (κ1) is 78.4. The third kappa shape index (κ3) is 14.5. The zero-order chi connectivity index (χ0) is 89.3. The van der Waals surface area contributed by atoms with Gasteiger partial charge in [-0.1, -0.05) is 230 Å². The van der Waals surface area contributed by atoms with E-state index < -0.39 is 12.3 Å². The Morgan fingerprint density at radius 3 is 0.756 bits per heavy atom. The lowest BCUT2D eigenvalue weighted by Gasteiger charge is -2.24. The minimum absolute atomic E-state index is 0.145. The van der Waals surface area contributed by atoms with Crippen molar-refractivity contribution in [2.45, 2.75) is 146 Å². The Labute approximate surface area is 731 Å². The molecule has 0 radical (unpaired) electrons. The fourth-order valence-electron chi connectivity index (χ4n) is 19.6. The number of fused-ring (bicyclic) bond motifs is 12. The number of nitrogens with zero attached hydrogens (tertiary/aromatic N) is 8. The summed E-state index contributed by atoms with van der Waals surface area (Å²) in [5.74, 6) is -0.218. The van der Waals surface area contributed by atoms with Crippen molar-refractivity contribution in [1.82, 2.24) is 19.9 Å². The molecule has 610 valence electrons. The minimum Gasteiger partial charge on any atom is -0.257 e. The van der Waals surface area contributed by atoms with Crippen LogP contribution in [0.1, 0.15) is 161 Å². The van der Waals surface area contributed by atoms with E-state index in [0.29, 0.717) is 5.69 Å². The Balaban J connectivity index is 0.000000119. The van der Waals surface area contributed by atoms with Gasteiger partial charge in [-0.25, -0.2) is 22.7 Å². The molecule has 9 heteroatoms. The van der Waals surface area contributed by atoms with Crippen molar-refractivity contribution in [3.05, 3.63) is 381 Å². The van der Waals surface area contributed by atoms with E-state index in [4.69, 9.17) is 24.0 Å². The van der Waals surface area contributed by atoms with E-state index in [0.717, 1.165) is 89.9 Å². The number of aromatic nitrogens is 8. The number of aryl methyl sites for hydroxylation is 14. The normalized spacial score (nSPS) is 15.0. The third-order valence-corrected chi connectivity index (χ3v) is 26.3. The van der Waals surface area contributed by atoms with Crippen molar-refractivity contribution >= 4 is 0 Å². The topological polar surface area (TPSA) is 67.1 Å². The van der Waals surface area contributed by atoms with Crippen LogP contribution in [0, 0.1) is 75.1 Å². The monoisotopic (exact) mass is 1610 g/mol. The van der Waals surface area contributed by atoms with E-state index >= 15 is 0 Å². The fraction of sp³-hybridized carbons (Fsp3) is 0.228. The zero-order valence-corrected chi connectivity index (χ0v) is 74.9. The largest absolute Gasteiger partial charge is 0.257 e. The molecular formula is C114H111FN8+4. The van der Waals surface area contributed by atoms with Gasteiger partial charge >= 0.3 is 0 Å². The molecular weight excluding hydrogens is 1500 g/mol. The highest BCUT2D eigenvalue weighted by Crippen LogP contribution is 2.57. The molecule has 1 atom stereocenters. The Kier molecular flexibility index (Phi) is 20.0. The van der Waals surface area contributed by atoms with Gasteiger partial charge in [0, 0.05) is 119 Å². The Morgan fingerprint density at radius 1 is 0.252 bits per heavy atom. The molecule has 8 heterocycles. The van der Waals surface area contributed by atoms with Crippen molar-refractivity contribution in [2.75, 3.05) is 0 Å². The molecule has 0 saturated heterocycles. The van der Waals surface area contributed by atoms with Crippen molar-refractivity contribution in [3.8, 4) is 134 Å². The molecule has 20 rings (SSSR count). The summed E-state index contributed by atoms with van der Waals surface area (Å²) in [6.45, 7) is 34.4. The first-order chi connectivity index (χ1) is 59.9. The predicted molar refractivity (Wildman–Crippen MR) is 503 cm³/mol.